The lowest BCUT2D eigenvalue weighted by Gasteiger charge is -2.09. The van der Waals surface area contributed by atoms with E-state index >= 15 is 0 Å². The van der Waals surface area contributed by atoms with Crippen LogP contribution in [0.2, 0.25) is 0 Å². The first kappa shape index (κ1) is 12.6. The Kier molecular flexibility index (Phi) is 3.65. The number of aromatic nitrogens is 2. The Hall–Kier alpha value is -1.84. The molecule has 2 N–H and O–H groups in total. The summed E-state index contributed by atoms with van der Waals surface area (Å²) in [6, 6.07) is 16.2. The fraction of sp³-hybridized carbons (Fsp3) is 0.0714. The number of fused-ring (bicyclic) bond motifs is 1. The van der Waals surface area contributed by atoms with Gasteiger partial charge in [0, 0.05) is 6.54 Å². The normalized spacial score (nSPS) is 10.3. The summed E-state index contributed by atoms with van der Waals surface area (Å²) in [5.74, 6) is 0. The summed E-state index contributed by atoms with van der Waals surface area (Å²) in [7, 11) is 0. The Balaban J connectivity index is 0.00000120. The number of hydrogen-bond donors (Lipinski definition) is 1. The molecule has 0 aliphatic rings. The Morgan fingerprint density at radius 1 is 1.00 bits per heavy atom. The van der Waals surface area contributed by atoms with Gasteiger partial charge in [-0.25, -0.2) is 4.98 Å². The highest BCUT2D eigenvalue weighted by Crippen LogP contribution is 2.20. The molecule has 0 fully saturated rings. The largest absolute Gasteiger partial charge is 0.326 e. The average Bonchev–Trinajstić information content (AvgIpc) is 2.82. The fourth-order valence-electron chi connectivity index (χ4n) is 2.07. The Labute approximate surface area is 112 Å². The molecule has 0 radical (unpaired) electrons. The molecule has 0 bridgehead atoms. The number of imidazole rings is 1. The summed E-state index contributed by atoms with van der Waals surface area (Å²) in [5, 5.41) is 0. The molecule has 2 aromatic carbocycles. The van der Waals surface area contributed by atoms with Crippen molar-refractivity contribution in [1.29, 1.82) is 0 Å². The van der Waals surface area contributed by atoms with E-state index in [9.17, 15) is 0 Å². The van der Waals surface area contributed by atoms with E-state index in [4.69, 9.17) is 5.73 Å². The van der Waals surface area contributed by atoms with Gasteiger partial charge in [-0.3, -0.25) is 4.57 Å². The van der Waals surface area contributed by atoms with Crippen molar-refractivity contribution >= 4 is 23.4 Å². The molecule has 4 heteroatoms. The highest BCUT2D eigenvalue weighted by molar-refractivity contribution is 5.85. The van der Waals surface area contributed by atoms with E-state index in [0.717, 1.165) is 22.3 Å². The minimum atomic E-state index is 0. The predicted octanol–water partition coefficient (Wildman–Crippen LogP) is 2.91. The number of para-hydroxylation sites is 3. The zero-order chi connectivity index (χ0) is 11.7. The van der Waals surface area contributed by atoms with Gasteiger partial charge in [0.25, 0.3) is 0 Å². The second-order valence-corrected chi connectivity index (χ2v) is 3.94. The summed E-state index contributed by atoms with van der Waals surface area (Å²) in [5.41, 5.74) is 10.1. The van der Waals surface area contributed by atoms with Gasteiger partial charge in [-0.1, -0.05) is 30.3 Å². The van der Waals surface area contributed by atoms with Crippen molar-refractivity contribution in [2.24, 2.45) is 5.73 Å². The van der Waals surface area contributed by atoms with Gasteiger partial charge in [-0.2, -0.15) is 0 Å². The van der Waals surface area contributed by atoms with Crippen molar-refractivity contribution in [3.8, 4) is 5.69 Å². The second-order valence-electron chi connectivity index (χ2n) is 3.94. The van der Waals surface area contributed by atoms with Crippen LogP contribution in [0.3, 0.4) is 0 Å². The van der Waals surface area contributed by atoms with Gasteiger partial charge in [-0.15, -0.1) is 12.4 Å². The molecule has 3 aromatic rings. The maximum Gasteiger partial charge on any atom is 0.100 e. The molecule has 1 aromatic heterocycles. The summed E-state index contributed by atoms with van der Waals surface area (Å²) in [6.07, 6.45) is 1.85. The van der Waals surface area contributed by atoms with Crippen molar-refractivity contribution in [1.82, 2.24) is 9.55 Å². The lowest BCUT2D eigenvalue weighted by molar-refractivity contribution is 1.00. The average molecular weight is 260 g/mol. The predicted molar refractivity (Wildman–Crippen MR) is 76.2 cm³/mol. The van der Waals surface area contributed by atoms with E-state index in [0.29, 0.717) is 6.54 Å². The van der Waals surface area contributed by atoms with Crippen molar-refractivity contribution in [2.45, 2.75) is 6.54 Å². The maximum atomic E-state index is 5.77. The number of nitrogens with zero attached hydrogens (tertiary/aromatic N) is 2. The van der Waals surface area contributed by atoms with E-state index in [2.05, 4.69) is 21.7 Å². The minimum Gasteiger partial charge on any atom is -0.326 e. The molecule has 0 spiro atoms. The third-order valence-electron chi connectivity index (χ3n) is 2.92. The van der Waals surface area contributed by atoms with Crippen LogP contribution in [-0.4, -0.2) is 9.55 Å². The van der Waals surface area contributed by atoms with Crippen molar-refractivity contribution < 1.29 is 0 Å². The molecule has 0 atom stereocenters. The fourth-order valence-corrected chi connectivity index (χ4v) is 2.07. The number of halogens is 1. The van der Waals surface area contributed by atoms with Crippen LogP contribution < -0.4 is 5.73 Å². The lowest BCUT2D eigenvalue weighted by atomic mass is 10.1. The van der Waals surface area contributed by atoms with Crippen LogP contribution in [0.4, 0.5) is 0 Å². The molecular formula is C14H14ClN3. The first-order valence-corrected chi connectivity index (χ1v) is 5.60. The van der Waals surface area contributed by atoms with Gasteiger partial charge in [-0.05, 0) is 23.8 Å². The van der Waals surface area contributed by atoms with Gasteiger partial charge in [0.1, 0.15) is 6.33 Å². The molecule has 3 rings (SSSR count). The highest BCUT2D eigenvalue weighted by Gasteiger charge is 2.06. The van der Waals surface area contributed by atoms with Crippen LogP contribution >= 0.6 is 12.4 Å². The summed E-state index contributed by atoms with van der Waals surface area (Å²) in [6.45, 7) is 0.530. The summed E-state index contributed by atoms with van der Waals surface area (Å²) < 4.78 is 2.08. The summed E-state index contributed by atoms with van der Waals surface area (Å²) in [4.78, 5) is 4.39. The molecule has 0 amide bonds. The topological polar surface area (TPSA) is 43.8 Å². The van der Waals surface area contributed by atoms with Gasteiger partial charge in [0.15, 0.2) is 0 Å². The molecule has 0 aliphatic heterocycles. The van der Waals surface area contributed by atoms with Gasteiger partial charge in [0.2, 0.25) is 0 Å². The zero-order valence-corrected chi connectivity index (χ0v) is 10.6. The van der Waals surface area contributed by atoms with Gasteiger partial charge >= 0.3 is 0 Å². The SMILES string of the molecule is Cl.NCc1ccccc1-n1cnc2ccccc21. The third-order valence-corrected chi connectivity index (χ3v) is 2.92. The van der Waals surface area contributed by atoms with E-state index in [1.54, 1.807) is 0 Å². The highest BCUT2D eigenvalue weighted by atomic mass is 35.5. The molecule has 92 valence electrons. The zero-order valence-electron chi connectivity index (χ0n) is 9.78. The number of rotatable bonds is 2. The van der Waals surface area contributed by atoms with Gasteiger partial charge in [0.05, 0.1) is 16.7 Å². The van der Waals surface area contributed by atoms with E-state index in [1.807, 2.05) is 42.7 Å². The molecule has 1 heterocycles. The van der Waals surface area contributed by atoms with Crippen LogP contribution in [0, 0.1) is 0 Å². The molecular weight excluding hydrogens is 246 g/mol. The monoisotopic (exact) mass is 259 g/mol. The van der Waals surface area contributed by atoms with Crippen molar-refractivity contribution in [3.05, 3.63) is 60.4 Å². The Morgan fingerprint density at radius 3 is 2.56 bits per heavy atom. The number of benzene rings is 2. The van der Waals surface area contributed by atoms with Gasteiger partial charge < -0.3 is 5.73 Å². The van der Waals surface area contributed by atoms with E-state index in [1.165, 1.54) is 0 Å². The van der Waals surface area contributed by atoms with Crippen LogP contribution in [0.25, 0.3) is 16.7 Å². The second kappa shape index (κ2) is 5.21. The first-order valence-electron chi connectivity index (χ1n) is 5.60. The quantitative estimate of drug-likeness (QED) is 0.769. The Bertz CT molecular complexity index is 661. The van der Waals surface area contributed by atoms with E-state index < -0.39 is 0 Å². The van der Waals surface area contributed by atoms with Crippen LogP contribution in [-0.2, 0) is 6.54 Å². The molecule has 0 saturated carbocycles. The standard InChI is InChI=1S/C14H13N3.ClH/c15-9-11-5-1-3-7-13(11)17-10-16-12-6-2-4-8-14(12)17;/h1-8,10H,9,15H2;1H. The third kappa shape index (κ3) is 1.98. The molecule has 18 heavy (non-hydrogen) atoms. The lowest BCUT2D eigenvalue weighted by Crippen LogP contribution is -2.03. The molecule has 0 unspecified atom stereocenters. The van der Waals surface area contributed by atoms with Crippen LogP contribution in [0.5, 0.6) is 0 Å². The van der Waals surface area contributed by atoms with E-state index in [-0.39, 0.29) is 12.4 Å². The minimum absolute atomic E-state index is 0. The summed E-state index contributed by atoms with van der Waals surface area (Å²) >= 11 is 0. The van der Waals surface area contributed by atoms with Crippen LogP contribution in [0.1, 0.15) is 5.56 Å². The smallest absolute Gasteiger partial charge is 0.100 e. The number of hydrogen-bond acceptors (Lipinski definition) is 2. The molecule has 0 aliphatic carbocycles. The maximum absolute atomic E-state index is 5.77. The molecule has 3 nitrogen and oxygen atoms in total. The first-order chi connectivity index (χ1) is 8.40. The Morgan fingerprint density at radius 2 is 1.72 bits per heavy atom. The van der Waals surface area contributed by atoms with Crippen molar-refractivity contribution in [2.75, 3.05) is 0 Å². The number of nitrogens with two attached hydrogens (primary N) is 1. The van der Waals surface area contributed by atoms with Crippen molar-refractivity contribution in [3.63, 3.8) is 0 Å². The molecule has 0 saturated heterocycles. The van der Waals surface area contributed by atoms with Crippen LogP contribution in [0.15, 0.2) is 54.9 Å².